The molecule has 0 aromatic rings. The van der Waals surface area contributed by atoms with E-state index in [4.69, 9.17) is 14.2 Å². The molecule has 0 rings (SSSR count). The Balaban J connectivity index is 4.45. The summed E-state index contributed by atoms with van der Waals surface area (Å²) < 4.78 is 16.6. The van der Waals surface area contributed by atoms with E-state index < -0.39 is 12.1 Å². The molecule has 1 atom stereocenters. The zero-order valence-electron chi connectivity index (χ0n) is 35.4. The van der Waals surface area contributed by atoms with E-state index in [-0.39, 0.29) is 31.6 Å². The monoisotopic (exact) mass is 765 g/mol. The molecule has 0 aliphatic heterocycles. The van der Waals surface area contributed by atoms with Crippen molar-refractivity contribution in [2.24, 2.45) is 0 Å². The molecule has 0 aliphatic rings. The van der Waals surface area contributed by atoms with Gasteiger partial charge >= 0.3 is 17.9 Å². The van der Waals surface area contributed by atoms with Crippen LogP contribution in [0.5, 0.6) is 0 Å². The first kappa shape index (κ1) is 51.6. The van der Waals surface area contributed by atoms with Crippen LogP contribution in [-0.2, 0) is 28.6 Å². The molecule has 0 fully saturated rings. The Morgan fingerprint density at radius 3 is 1.18 bits per heavy atom. The van der Waals surface area contributed by atoms with E-state index in [2.05, 4.69) is 93.7 Å². The number of carbonyl (C=O) groups excluding carboxylic acids is 3. The summed E-state index contributed by atoms with van der Waals surface area (Å²) in [6.07, 6.45) is 54.6. The molecule has 0 N–H and O–H groups in total. The van der Waals surface area contributed by atoms with Gasteiger partial charge in [-0.1, -0.05) is 170 Å². The maximum absolute atomic E-state index is 12.7. The minimum absolute atomic E-state index is 0.112. The molecule has 0 bridgehead atoms. The molecule has 312 valence electrons. The topological polar surface area (TPSA) is 78.9 Å². The standard InChI is InChI=1S/C49H80O6/c1-4-7-10-13-16-19-21-23-25-27-30-33-36-39-42-48(51)54-45-46(44-53-47(50)41-38-35-32-29-18-15-12-9-6-3)55-49(52)43-40-37-34-31-28-26-24-22-20-17-14-11-8-5-2/h7-12,16-20,29,35,38,46H,4-6,13-15,21-28,30-34,36-37,39-45H2,1-3H3/b10-7-,11-8-,12-9-,19-16-,20-17-,29-18-,38-35-. The lowest BCUT2D eigenvalue weighted by Crippen LogP contribution is -2.30. The van der Waals surface area contributed by atoms with Gasteiger partial charge in [0.1, 0.15) is 13.2 Å². The molecule has 0 heterocycles. The third-order valence-electron chi connectivity index (χ3n) is 8.91. The molecule has 0 amide bonds. The Bertz CT molecular complexity index is 1110. The Morgan fingerprint density at radius 1 is 0.382 bits per heavy atom. The molecule has 55 heavy (non-hydrogen) atoms. The molecule has 6 heteroatoms. The lowest BCUT2D eigenvalue weighted by Gasteiger charge is -2.18. The first-order valence-corrected chi connectivity index (χ1v) is 22.1. The number of ether oxygens (including phenoxy) is 3. The summed E-state index contributed by atoms with van der Waals surface area (Å²) in [4.78, 5) is 37.6. The highest BCUT2D eigenvalue weighted by Crippen LogP contribution is 2.13. The second kappa shape index (κ2) is 43.3. The van der Waals surface area contributed by atoms with Crippen LogP contribution in [-0.4, -0.2) is 37.2 Å². The minimum Gasteiger partial charge on any atom is -0.462 e. The largest absolute Gasteiger partial charge is 0.462 e. The van der Waals surface area contributed by atoms with E-state index in [1.54, 1.807) is 6.08 Å². The normalized spacial score (nSPS) is 12.9. The third-order valence-corrected chi connectivity index (χ3v) is 8.91. The Kier molecular flexibility index (Phi) is 40.6. The quantitative estimate of drug-likeness (QED) is 0.0270. The highest BCUT2D eigenvalue weighted by Gasteiger charge is 2.19. The van der Waals surface area contributed by atoms with E-state index in [0.29, 0.717) is 12.8 Å². The van der Waals surface area contributed by atoms with Crippen LogP contribution in [0, 0.1) is 0 Å². The fourth-order valence-corrected chi connectivity index (χ4v) is 5.69. The average Bonchev–Trinajstić information content (AvgIpc) is 3.18. The van der Waals surface area contributed by atoms with Gasteiger partial charge in [0.05, 0.1) is 6.42 Å². The fourth-order valence-electron chi connectivity index (χ4n) is 5.69. The van der Waals surface area contributed by atoms with Crippen LogP contribution in [0.3, 0.4) is 0 Å². The molecule has 0 aromatic heterocycles. The van der Waals surface area contributed by atoms with Crippen LogP contribution in [0.1, 0.15) is 188 Å². The predicted octanol–water partition coefficient (Wildman–Crippen LogP) is 14.1. The number of hydrogen-bond acceptors (Lipinski definition) is 6. The minimum atomic E-state index is -0.817. The van der Waals surface area contributed by atoms with Gasteiger partial charge in [0.2, 0.25) is 0 Å². The molecular formula is C49H80O6. The van der Waals surface area contributed by atoms with Gasteiger partial charge in [0.15, 0.2) is 6.10 Å². The van der Waals surface area contributed by atoms with Crippen molar-refractivity contribution in [1.82, 2.24) is 0 Å². The van der Waals surface area contributed by atoms with Crippen molar-refractivity contribution in [3.05, 3.63) is 85.1 Å². The summed E-state index contributed by atoms with van der Waals surface area (Å²) in [5.41, 5.74) is 0. The van der Waals surface area contributed by atoms with Crippen molar-refractivity contribution in [1.29, 1.82) is 0 Å². The van der Waals surface area contributed by atoms with Gasteiger partial charge in [-0.05, 0) is 83.5 Å². The van der Waals surface area contributed by atoms with Crippen LogP contribution >= 0.6 is 0 Å². The van der Waals surface area contributed by atoms with Gasteiger partial charge in [-0.15, -0.1) is 0 Å². The molecule has 0 aliphatic carbocycles. The van der Waals surface area contributed by atoms with Gasteiger partial charge in [-0.3, -0.25) is 14.4 Å². The van der Waals surface area contributed by atoms with Crippen LogP contribution in [0.15, 0.2) is 85.1 Å². The molecular weight excluding hydrogens is 685 g/mol. The molecule has 0 spiro atoms. The molecule has 0 saturated heterocycles. The van der Waals surface area contributed by atoms with Gasteiger partial charge in [-0.25, -0.2) is 0 Å². The fraction of sp³-hybridized carbons (Fsp3) is 0.653. The Hall–Kier alpha value is -3.41. The highest BCUT2D eigenvalue weighted by atomic mass is 16.6. The first-order valence-electron chi connectivity index (χ1n) is 22.1. The van der Waals surface area contributed by atoms with Crippen LogP contribution in [0.2, 0.25) is 0 Å². The third kappa shape index (κ3) is 41.6. The summed E-state index contributed by atoms with van der Waals surface area (Å²) in [5, 5.41) is 0. The summed E-state index contributed by atoms with van der Waals surface area (Å²) in [6, 6.07) is 0. The van der Waals surface area contributed by atoms with E-state index in [9.17, 15) is 14.4 Å². The van der Waals surface area contributed by atoms with Crippen LogP contribution in [0.4, 0.5) is 0 Å². The summed E-state index contributed by atoms with van der Waals surface area (Å²) >= 11 is 0. The van der Waals surface area contributed by atoms with Crippen molar-refractivity contribution in [2.75, 3.05) is 13.2 Å². The SMILES string of the molecule is CC/C=C\C/C=C\C/C=C\CC(=O)OCC(COC(=O)CCCCCCCCC/C=C\C/C=C\CC)OC(=O)CCCCCCCCC/C=C\C/C=C\CC. The van der Waals surface area contributed by atoms with E-state index >= 15 is 0 Å². The van der Waals surface area contributed by atoms with Crippen molar-refractivity contribution in [2.45, 2.75) is 194 Å². The number of unbranched alkanes of at least 4 members (excludes halogenated alkanes) is 14. The van der Waals surface area contributed by atoms with Crippen molar-refractivity contribution in [3.63, 3.8) is 0 Å². The first-order chi connectivity index (χ1) is 27.0. The van der Waals surface area contributed by atoms with E-state index in [1.165, 1.54) is 51.4 Å². The summed E-state index contributed by atoms with van der Waals surface area (Å²) in [7, 11) is 0. The molecule has 0 aromatic carbocycles. The number of hydrogen-bond donors (Lipinski definition) is 0. The van der Waals surface area contributed by atoms with Gasteiger partial charge in [-0.2, -0.15) is 0 Å². The smallest absolute Gasteiger partial charge is 0.309 e. The predicted molar refractivity (Wildman–Crippen MR) is 233 cm³/mol. The molecule has 1 unspecified atom stereocenters. The maximum atomic E-state index is 12.7. The molecule has 0 saturated carbocycles. The molecule has 0 radical (unpaired) electrons. The number of rotatable bonds is 38. The van der Waals surface area contributed by atoms with Gasteiger partial charge in [0.25, 0.3) is 0 Å². The second-order valence-corrected chi connectivity index (χ2v) is 14.2. The average molecular weight is 765 g/mol. The van der Waals surface area contributed by atoms with Crippen LogP contribution < -0.4 is 0 Å². The van der Waals surface area contributed by atoms with E-state index in [1.807, 2.05) is 6.08 Å². The number of allylic oxidation sites excluding steroid dienone is 13. The summed E-state index contributed by atoms with van der Waals surface area (Å²) in [5.74, 6) is -1.07. The second-order valence-electron chi connectivity index (χ2n) is 14.2. The molecule has 6 nitrogen and oxygen atoms in total. The highest BCUT2D eigenvalue weighted by molar-refractivity contribution is 5.72. The maximum Gasteiger partial charge on any atom is 0.309 e. The zero-order chi connectivity index (χ0) is 40.1. The van der Waals surface area contributed by atoms with E-state index in [0.717, 1.165) is 96.3 Å². The van der Waals surface area contributed by atoms with Crippen molar-refractivity contribution >= 4 is 17.9 Å². The number of carbonyl (C=O) groups is 3. The van der Waals surface area contributed by atoms with Gasteiger partial charge in [0, 0.05) is 12.8 Å². The van der Waals surface area contributed by atoms with Crippen molar-refractivity contribution in [3.8, 4) is 0 Å². The lowest BCUT2D eigenvalue weighted by atomic mass is 10.1. The number of esters is 3. The summed E-state index contributed by atoms with van der Waals surface area (Å²) in [6.45, 7) is 6.17. The van der Waals surface area contributed by atoms with Crippen LogP contribution in [0.25, 0.3) is 0 Å². The Labute approximate surface area is 337 Å². The van der Waals surface area contributed by atoms with Gasteiger partial charge < -0.3 is 14.2 Å². The zero-order valence-corrected chi connectivity index (χ0v) is 35.4. The van der Waals surface area contributed by atoms with Crippen molar-refractivity contribution < 1.29 is 28.6 Å². The lowest BCUT2D eigenvalue weighted by molar-refractivity contribution is -0.166. The Morgan fingerprint density at radius 2 is 0.727 bits per heavy atom.